The zero-order valence-corrected chi connectivity index (χ0v) is 15.7. The first-order chi connectivity index (χ1) is 13.1. The lowest BCUT2D eigenvalue weighted by Gasteiger charge is -2.22. The topological polar surface area (TPSA) is 61.5 Å². The van der Waals surface area contributed by atoms with Crippen LogP contribution in [0.2, 0.25) is 0 Å². The zero-order chi connectivity index (χ0) is 18.8. The molecule has 27 heavy (non-hydrogen) atoms. The number of carbonyl (C=O) groups is 1. The van der Waals surface area contributed by atoms with E-state index in [1.165, 1.54) is 5.56 Å². The normalized spacial score (nSPS) is 17.1. The van der Waals surface area contributed by atoms with Crippen molar-refractivity contribution >= 4 is 22.8 Å². The fourth-order valence-electron chi connectivity index (χ4n) is 3.53. The van der Waals surface area contributed by atoms with E-state index in [2.05, 4.69) is 53.2 Å². The Balaban J connectivity index is 1.54. The molecular weight excluding hydrogens is 340 g/mol. The number of cyclic esters (lactones) is 1. The highest BCUT2D eigenvalue weighted by molar-refractivity contribution is 5.93. The maximum Gasteiger partial charge on any atom is 0.415 e. The van der Waals surface area contributed by atoms with Gasteiger partial charge in [-0.25, -0.2) is 9.78 Å². The molecule has 1 aromatic heterocycles. The van der Waals surface area contributed by atoms with Crippen LogP contribution in [0.15, 0.2) is 48.8 Å². The average Bonchev–Trinajstić information content (AvgIpc) is 3.27. The Morgan fingerprint density at radius 1 is 1.22 bits per heavy atom. The largest absolute Gasteiger partial charge is 0.447 e. The Kier molecular flexibility index (Phi) is 4.81. The summed E-state index contributed by atoms with van der Waals surface area (Å²) in [6, 6.07) is 14.2. The molecule has 2 heterocycles. The molecule has 0 saturated carbocycles. The first-order valence-electron chi connectivity index (χ1n) is 9.24. The summed E-state index contributed by atoms with van der Waals surface area (Å²) >= 11 is 0. The smallest absolute Gasteiger partial charge is 0.415 e. The van der Waals surface area contributed by atoms with Crippen molar-refractivity contribution in [1.82, 2.24) is 14.9 Å². The average molecular weight is 364 g/mol. The minimum absolute atomic E-state index is 0.117. The van der Waals surface area contributed by atoms with Gasteiger partial charge in [0.25, 0.3) is 0 Å². The number of fused-ring (bicyclic) bond motifs is 1. The molecule has 1 N–H and O–H groups in total. The van der Waals surface area contributed by atoms with Gasteiger partial charge in [0.15, 0.2) is 0 Å². The molecular formula is C21H24N4O2. The lowest BCUT2D eigenvalue weighted by atomic mass is 10.0. The van der Waals surface area contributed by atoms with Crippen molar-refractivity contribution in [3.05, 3.63) is 59.9 Å². The fourth-order valence-corrected chi connectivity index (χ4v) is 3.53. The van der Waals surface area contributed by atoms with Crippen LogP contribution in [0.5, 0.6) is 0 Å². The van der Waals surface area contributed by atoms with Crippen LogP contribution in [-0.2, 0) is 11.2 Å². The molecule has 140 valence electrons. The van der Waals surface area contributed by atoms with E-state index in [0.717, 1.165) is 41.7 Å². The van der Waals surface area contributed by atoms with Gasteiger partial charge in [-0.05, 0) is 62.8 Å². The number of nitrogens with one attached hydrogen (secondary N) is 1. The number of rotatable bonds is 6. The van der Waals surface area contributed by atoms with Crippen molar-refractivity contribution in [3.63, 3.8) is 0 Å². The van der Waals surface area contributed by atoms with E-state index in [-0.39, 0.29) is 12.1 Å². The summed E-state index contributed by atoms with van der Waals surface area (Å²) in [7, 11) is 4.19. The number of amides is 1. The van der Waals surface area contributed by atoms with Gasteiger partial charge >= 0.3 is 6.09 Å². The first kappa shape index (κ1) is 17.5. The molecule has 1 unspecified atom stereocenters. The molecule has 4 rings (SSSR count). The number of aromatic amines is 1. The minimum Gasteiger partial charge on any atom is -0.447 e. The van der Waals surface area contributed by atoms with Crippen LogP contribution in [0.25, 0.3) is 11.0 Å². The molecule has 6 heteroatoms. The molecule has 2 aromatic carbocycles. The summed E-state index contributed by atoms with van der Waals surface area (Å²) in [6.45, 7) is 1.44. The maximum absolute atomic E-state index is 12.4. The van der Waals surface area contributed by atoms with Crippen LogP contribution in [0, 0.1) is 0 Å². The number of H-pyrrole nitrogens is 1. The van der Waals surface area contributed by atoms with Crippen molar-refractivity contribution < 1.29 is 9.53 Å². The second-order valence-corrected chi connectivity index (χ2v) is 7.22. The molecule has 0 aliphatic carbocycles. The van der Waals surface area contributed by atoms with Crippen LogP contribution in [0.4, 0.5) is 10.5 Å². The number of aromatic nitrogens is 2. The maximum atomic E-state index is 12.4. The summed E-state index contributed by atoms with van der Waals surface area (Å²) in [5.74, 6) is 0. The SMILES string of the molecule is CN(C)CCCc1ccc(C2COC(=O)N2c2ccc3nc[nH]c3c2)cc1. The van der Waals surface area contributed by atoms with Crippen LogP contribution in [0.1, 0.15) is 23.6 Å². The van der Waals surface area contributed by atoms with Gasteiger partial charge in [0.05, 0.1) is 29.1 Å². The predicted octanol–water partition coefficient (Wildman–Crippen LogP) is 3.76. The fraction of sp³-hybridized carbons (Fsp3) is 0.333. The Hall–Kier alpha value is -2.86. The molecule has 1 aliphatic heterocycles. The number of anilines is 1. The number of imidazole rings is 1. The molecule has 1 fully saturated rings. The van der Waals surface area contributed by atoms with Crippen molar-refractivity contribution in [1.29, 1.82) is 0 Å². The van der Waals surface area contributed by atoms with E-state index >= 15 is 0 Å². The van der Waals surface area contributed by atoms with Crippen molar-refractivity contribution in [3.8, 4) is 0 Å². The molecule has 1 saturated heterocycles. The number of hydrogen-bond acceptors (Lipinski definition) is 4. The summed E-state index contributed by atoms with van der Waals surface area (Å²) in [5.41, 5.74) is 5.00. The summed E-state index contributed by atoms with van der Waals surface area (Å²) in [6.07, 6.45) is 3.53. The molecule has 0 radical (unpaired) electrons. The standard InChI is InChI=1S/C21H24N4O2/c1-24(2)11-3-4-15-5-7-16(8-6-15)20-13-27-21(26)25(20)17-9-10-18-19(12-17)23-14-22-18/h5-10,12,14,20H,3-4,11,13H2,1-2H3,(H,22,23). The van der Waals surface area contributed by atoms with Crippen molar-refractivity contribution in [2.24, 2.45) is 0 Å². The van der Waals surface area contributed by atoms with Gasteiger partial charge in [-0.15, -0.1) is 0 Å². The van der Waals surface area contributed by atoms with E-state index in [0.29, 0.717) is 6.61 Å². The Labute approximate surface area is 158 Å². The number of carbonyl (C=O) groups excluding carboxylic acids is 1. The highest BCUT2D eigenvalue weighted by Gasteiger charge is 2.35. The molecule has 3 aromatic rings. The molecule has 1 aliphatic rings. The monoisotopic (exact) mass is 364 g/mol. The number of benzene rings is 2. The number of aryl methyl sites for hydroxylation is 1. The highest BCUT2D eigenvalue weighted by atomic mass is 16.6. The van der Waals surface area contributed by atoms with Gasteiger partial charge in [-0.2, -0.15) is 0 Å². The van der Waals surface area contributed by atoms with Crippen LogP contribution in [-0.4, -0.2) is 48.2 Å². The molecule has 6 nitrogen and oxygen atoms in total. The third kappa shape index (κ3) is 3.66. The quantitative estimate of drug-likeness (QED) is 0.723. The second-order valence-electron chi connectivity index (χ2n) is 7.22. The number of ether oxygens (including phenoxy) is 1. The first-order valence-corrected chi connectivity index (χ1v) is 9.24. The van der Waals surface area contributed by atoms with Gasteiger partial charge in [-0.1, -0.05) is 24.3 Å². The third-order valence-corrected chi connectivity index (χ3v) is 4.99. The van der Waals surface area contributed by atoms with E-state index in [1.807, 2.05) is 18.2 Å². The van der Waals surface area contributed by atoms with Gasteiger partial charge in [-0.3, -0.25) is 4.90 Å². The van der Waals surface area contributed by atoms with E-state index < -0.39 is 0 Å². The van der Waals surface area contributed by atoms with Crippen LogP contribution < -0.4 is 4.90 Å². The van der Waals surface area contributed by atoms with Gasteiger partial charge in [0, 0.05) is 0 Å². The highest BCUT2D eigenvalue weighted by Crippen LogP contribution is 2.34. The lowest BCUT2D eigenvalue weighted by molar-refractivity contribution is 0.179. The van der Waals surface area contributed by atoms with Gasteiger partial charge < -0.3 is 14.6 Å². The number of hydrogen-bond donors (Lipinski definition) is 1. The van der Waals surface area contributed by atoms with E-state index in [1.54, 1.807) is 11.2 Å². The van der Waals surface area contributed by atoms with Gasteiger partial charge in [0.2, 0.25) is 0 Å². The minimum atomic E-state index is -0.311. The van der Waals surface area contributed by atoms with Crippen LogP contribution >= 0.6 is 0 Å². The Morgan fingerprint density at radius 2 is 2.04 bits per heavy atom. The zero-order valence-electron chi connectivity index (χ0n) is 15.7. The third-order valence-electron chi connectivity index (χ3n) is 4.99. The molecule has 0 spiro atoms. The number of nitrogens with zero attached hydrogens (tertiary/aromatic N) is 3. The summed E-state index contributed by atoms with van der Waals surface area (Å²) < 4.78 is 5.36. The predicted molar refractivity (Wildman–Crippen MR) is 106 cm³/mol. The van der Waals surface area contributed by atoms with E-state index in [4.69, 9.17) is 4.74 Å². The lowest BCUT2D eigenvalue weighted by Crippen LogP contribution is -2.27. The van der Waals surface area contributed by atoms with Crippen molar-refractivity contribution in [2.75, 3.05) is 32.1 Å². The summed E-state index contributed by atoms with van der Waals surface area (Å²) in [4.78, 5) is 23.6. The second kappa shape index (κ2) is 7.40. The van der Waals surface area contributed by atoms with Gasteiger partial charge in [0.1, 0.15) is 6.61 Å². The Bertz CT molecular complexity index is 933. The summed E-state index contributed by atoms with van der Waals surface area (Å²) in [5, 5.41) is 0. The molecule has 1 amide bonds. The molecule has 1 atom stereocenters. The molecule has 0 bridgehead atoms. The Morgan fingerprint density at radius 3 is 2.81 bits per heavy atom. The van der Waals surface area contributed by atoms with Crippen molar-refractivity contribution in [2.45, 2.75) is 18.9 Å². The van der Waals surface area contributed by atoms with Crippen LogP contribution in [0.3, 0.4) is 0 Å². The van der Waals surface area contributed by atoms with E-state index in [9.17, 15) is 4.79 Å².